The maximum atomic E-state index is 13.3. The van der Waals surface area contributed by atoms with E-state index in [0.717, 1.165) is 37.7 Å². The molecule has 1 aliphatic carbocycles. The zero-order chi connectivity index (χ0) is 25.5. The lowest BCUT2D eigenvalue weighted by Gasteiger charge is -2.49. The zero-order valence-electron chi connectivity index (χ0n) is 22.0. The fourth-order valence-electron chi connectivity index (χ4n) is 7.15. The molecule has 0 aromatic heterocycles. The first-order chi connectivity index (χ1) is 16.5. The third kappa shape index (κ3) is 4.80. The van der Waals surface area contributed by atoms with Crippen molar-refractivity contribution in [3.8, 4) is 0 Å². The number of carbonyl (C=O) groups is 2. The van der Waals surface area contributed by atoms with Crippen molar-refractivity contribution in [1.29, 1.82) is 0 Å². The Balaban J connectivity index is 1.67. The fraction of sp³-hybridized carbons (Fsp3) is 0.857. The van der Waals surface area contributed by atoms with Gasteiger partial charge in [-0.25, -0.2) is 0 Å². The van der Waals surface area contributed by atoms with Crippen LogP contribution in [0.15, 0.2) is 11.6 Å². The standard InChI is InChI=1S/C28H44O7/c1-6-7-8-9-10-11-22(30)34-21-13-12-16(2)14-19-24-23-18(15-20(29)27(24,4)32)17(3)26(31)35-28(21,5)25(23)33-19/h12,17-21,23-25,29,32H,6-11,13-15H2,1-5H3/b16-12+/t17-,18+,19+,20-,21-,23+,24+,25+,27+,28+/m1/s1. The maximum Gasteiger partial charge on any atom is 0.309 e. The molecule has 2 bridgehead atoms. The van der Waals surface area contributed by atoms with E-state index in [9.17, 15) is 19.8 Å². The lowest BCUT2D eigenvalue weighted by molar-refractivity contribution is -0.207. The second-order valence-corrected chi connectivity index (χ2v) is 11.9. The number of rotatable bonds is 7. The van der Waals surface area contributed by atoms with Crippen LogP contribution in [0.5, 0.6) is 0 Å². The van der Waals surface area contributed by atoms with Crippen LogP contribution in [0.4, 0.5) is 0 Å². The third-order valence-corrected chi connectivity index (χ3v) is 9.33. The summed E-state index contributed by atoms with van der Waals surface area (Å²) in [6.45, 7) is 9.53. The van der Waals surface area contributed by atoms with E-state index < -0.39 is 35.4 Å². The highest BCUT2D eigenvalue weighted by Gasteiger charge is 2.69. The van der Waals surface area contributed by atoms with Crippen molar-refractivity contribution < 1.29 is 34.0 Å². The van der Waals surface area contributed by atoms with Crippen molar-refractivity contribution in [3.63, 3.8) is 0 Å². The molecule has 0 spiro atoms. The molecule has 0 amide bonds. The van der Waals surface area contributed by atoms with Crippen molar-refractivity contribution >= 4 is 11.9 Å². The first-order valence-electron chi connectivity index (χ1n) is 13.6. The first-order valence-corrected chi connectivity index (χ1v) is 13.6. The first kappa shape index (κ1) is 26.6. The van der Waals surface area contributed by atoms with Crippen LogP contribution in [-0.4, -0.2) is 57.8 Å². The molecule has 0 unspecified atom stereocenters. The Morgan fingerprint density at radius 2 is 1.94 bits per heavy atom. The van der Waals surface area contributed by atoms with Crippen molar-refractivity contribution in [2.75, 3.05) is 0 Å². The van der Waals surface area contributed by atoms with Crippen LogP contribution >= 0.6 is 0 Å². The summed E-state index contributed by atoms with van der Waals surface area (Å²) < 4.78 is 18.9. The van der Waals surface area contributed by atoms with Gasteiger partial charge in [0.05, 0.1) is 23.7 Å². The lowest BCUT2D eigenvalue weighted by atomic mass is 9.57. The Hall–Kier alpha value is -1.44. The smallest absolute Gasteiger partial charge is 0.309 e. The summed E-state index contributed by atoms with van der Waals surface area (Å²) in [6.07, 6.45) is 6.46. The average molecular weight is 493 g/mol. The summed E-state index contributed by atoms with van der Waals surface area (Å²) in [5.41, 5.74) is -1.46. The van der Waals surface area contributed by atoms with Crippen molar-refractivity contribution in [2.24, 2.45) is 23.7 Å². The maximum absolute atomic E-state index is 13.3. The average Bonchev–Trinajstić information content (AvgIpc) is 3.17. The number of esters is 2. The van der Waals surface area contributed by atoms with Crippen LogP contribution in [0.1, 0.15) is 92.4 Å². The highest BCUT2D eigenvalue weighted by Crippen LogP contribution is 2.58. The number of aliphatic hydroxyl groups excluding tert-OH is 1. The number of hydrogen-bond acceptors (Lipinski definition) is 7. The number of carbonyl (C=O) groups excluding carboxylic acids is 2. The summed E-state index contributed by atoms with van der Waals surface area (Å²) in [5.74, 6) is -1.82. The molecule has 0 aromatic carbocycles. The summed E-state index contributed by atoms with van der Waals surface area (Å²) in [6, 6.07) is 0. The van der Waals surface area contributed by atoms with E-state index in [1.165, 1.54) is 0 Å². The number of aliphatic hydroxyl groups is 2. The highest BCUT2D eigenvalue weighted by atomic mass is 16.6. The van der Waals surface area contributed by atoms with Gasteiger partial charge in [0.1, 0.15) is 12.2 Å². The molecular weight excluding hydrogens is 448 g/mol. The van der Waals surface area contributed by atoms with Gasteiger partial charge in [0, 0.05) is 24.7 Å². The van der Waals surface area contributed by atoms with Gasteiger partial charge in [0.2, 0.25) is 0 Å². The van der Waals surface area contributed by atoms with Gasteiger partial charge in [-0.05, 0) is 46.0 Å². The van der Waals surface area contributed by atoms with Crippen LogP contribution in [0, 0.1) is 23.7 Å². The van der Waals surface area contributed by atoms with Gasteiger partial charge in [-0.2, -0.15) is 0 Å². The van der Waals surface area contributed by atoms with Crippen molar-refractivity contribution in [2.45, 2.75) is 128 Å². The van der Waals surface area contributed by atoms with Crippen LogP contribution in [-0.2, 0) is 23.8 Å². The van der Waals surface area contributed by atoms with E-state index in [1.54, 1.807) is 6.92 Å². The zero-order valence-corrected chi connectivity index (χ0v) is 22.0. The number of ether oxygens (including phenoxy) is 3. The Labute approximate surface area is 209 Å². The van der Waals surface area contributed by atoms with Gasteiger partial charge in [-0.3, -0.25) is 9.59 Å². The van der Waals surface area contributed by atoms with Crippen molar-refractivity contribution in [1.82, 2.24) is 0 Å². The fourth-order valence-corrected chi connectivity index (χ4v) is 7.15. The monoisotopic (exact) mass is 492 g/mol. The Morgan fingerprint density at radius 1 is 1.23 bits per heavy atom. The highest BCUT2D eigenvalue weighted by molar-refractivity contribution is 5.74. The van der Waals surface area contributed by atoms with Gasteiger partial charge < -0.3 is 24.4 Å². The van der Waals surface area contributed by atoms with Gasteiger partial charge >= 0.3 is 11.9 Å². The summed E-state index contributed by atoms with van der Waals surface area (Å²) >= 11 is 0. The van der Waals surface area contributed by atoms with Gasteiger partial charge in [-0.15, -0.1) is 0 Å². The molecule has 0 aromatic rings. The van der Waals surface area contributed by atoms with Crippen LogP contribution in [0.25, 0.3) is 0 Å². The minimum atomic E-state index is -1.35. The predicted molar refractivity (Wildman–Crippen MR) is 130 cm³/mol. The minimum Gasteiger partial charge on any atom is -0.458 e. The summed E-state index contributed by atoms with van der Waals surface area (Å²) in [7, 11) is 0. The molecule has 2 saturated heterocycles. The molecule has 3 aliphatic heterocycles. The molecule has 3 heterocycles. The predicted octanol–water partition coefficient (Wildman–Crippen LogP) is 4.08. The Kier molecular flexibility index (Phi) is 7.71. The summed E-state index contributed by atoms with van der Waals surface area (Å²) in [5, 5.41) is 22.4. The van der Waals surface area contributed by atoms with E-state index in [4.69, 9.17) is 14.2 Å². The van der Waals surface area contributed by atoms with E-state index in [2.05, 4.69) is 6.92 Å². The topological polar surface area (TPSA) is 102 Å². The molecule has 198 valence electrons. The van der Waals surface area contributed by atoms with Gasteiger partial charge in [0.25, 0.3) is 0 Å². The molecule has 7 nitrogen and oxygen atoms in total. The molecule has 10 atom stereocenters. The molecule has 4 aliphatic rings. The molecule has 3 fully saturated rings. The normalized spacial score (nSPS) is 46.4. The quantitative estimate of drug-likeness (QED) is 0.314. The SMILES string of the molecule is CCCCCCCC(=O)O[C@@H]1C/C=C(\C)C[C@@H]2O[C@H]3[C@H]4[C@@H](C[C@@H](O)[C@](C)(O)[C@H]42)[C@@H](C)C(=O)O[C@@]13C. The number of unbranched alkanes of at least 4 members (excludes halogenated alkanes) is 4. The van der Waals surface area contributed by atoms with Gasteiger partial charge in [-0.1, -0.05) is 51.2 Å². The molecule has 7 heteroatoms. The number of fused-ring (bicyclic) bond motifs is 2. The number of hydrogen-bond donors (Lipinski definition) is 2. The molecule has 0 radical (unpaired) electrons. The summed E-state index contributed by atoms with van der Waals surface area (Å²) in [4.78, 5) is 26.2. The van der Waals surface area contributed by atoms with Crippen LogP contribution in [0.2, 0.25) is 0 Å². The van der Waals surface area contributed by atoms with E-state index >= 15 is 0 Å². The van der Waals surface area contributed by atoms with E-state index in [-0.39, 0.29) is 35.8 Å². The van der Waals surface area contributed by atoms with Crippen LogP contribution < -0.4 is 0 Å². The van der Waals surface area contributed by atoms with E-state index in [0.29, 0.717) is 25.7 Å². The minimum absolute atomic E-state index is 0.182. The lowest BCUT2D eigenvalue weighted by Crippen LogP contribution is -2.61. The second-order valence-electron chi connectivity index (χ2n) is 11.9. The Morgan fingerprint density at radius 3 is 2.66 bits per heavy atom. The molecular formula is C28H44O7. The third-order valence-electron chi connectivity index (χ3n) is 9.33. The molecule has 4 rings (SSSR count). The van der Waals surface area contributed by atoms with E-state index in [1.807, 2.05) is 26.8 Å². The molecule has 2 N–H and O–H groups in total. The molecule has 1 saturated carbocycles. The second kappa shape index (κ2) is 10.1. The molecule has 35 heavy (non-hydrogen) atoms. The van der Waals surface area contributed by atoms with Crippen LogP contribution in [0.3, 0.4) is 0 Å². The van der Waals surface area contributed by atoms with Gasteiger partial charge in [0.15, 0.2) is 5.60 Å². The Bertz CT molecular complexity index is 835. The van der Waals surface area contributed by atoms with Crippen molar-refractivity contribution in [3.05, 3.63) is 11.6 Å². The largest absolute Gasteiger partial charge is 0.458 e.